The van der Waals surface area contributed by atoms with Gasteiger partial charge in [-0.2, -0.15) is 5.10 Å². The third-order valence-electron chi connectivity index (χ3n) is 2.20. The minimum Gasteiger partial charge on any atom is -0.368 e. The zero-order valence-corrected chi connectivity index (χ0v) is 12.5. The molecule has 0 bridgehead atoms. The molecule has 2 N–H and O–H groups in total. The summed E-state index contributed by atoms with van der Waals surface area (Å²) < 4.78 is 2.21. The SMILES string of the molecule is Cc1cn(N=Cc2cc(Cl)c(Br)cc2Cl)c(N)n1. The zero-order chi connectivity index (χ0) is 13.3. The zero-order valence-electron chi connectivity index (χ0n) is 9.36. The molecule has 1 aromatic heterocycles. The van der Waals surface area contributed by atoms with Crippen LogP contribution < -0.4 is 5.73 Å². The van der Waals surface area contributed by atoms with Gasteiger partial charge in [-0.3, -0.25) is 0 Å². The first-order valence-corrected chi connectivity index (χ1v) is 6.52. The number of aromatic nitrogens is 2. The molecule has 4 nitrogen and oxygen atoms in total. The summed E-state index contributed by atoms with van der Waals surface area (Å²) in [4.78, 5) is 4.04. The normalized spacial score (nSPS) is 11.3. The van der Waals surface area contributed by atoms with Gasteiger partial charge in [-0.25, -0.2) is 9.66 Å². The Morgan fingerprint density at radius 1 is 1.39 bits per heavy atom. The highest BCUT2D eigenvalue weighted by molar-refractivity contribution is 9.10. The van der Waals surface area contributed by atoms with E-state index in [1.54, 1.807) is 24.5 Å². The standard InChI is InChI=1S/C11H9BrCl2N4/c1-6-5-18(11(15)17-6)16-4-7-2-10(14)8(12)3-9(7)13/h2-5H,1H3,(H2,15,17). The highest BCUT2D eigenvalue weighted by atomic mass is 79.9. The number of nitrogens with two attached hydrogens (primary N) is 1. The first-order valence-electron chi connectivity index (χ1n) is 4.97. The topological polar surface area (TPSA) is 56.2 Å². The number of halogens is 3. The van der Waals surface area contributed by atoms with Crippen molar-refractivity contribution >= 4 is 51.3 Å². The summed E-state index contributed by atoms with van der Waals surface area (Å²) in [6, 6.07) is 3.44. The van der Waals surface area contributed by atoms with Crippen molar-refractivity contribution in [2.24, 2.45) is 5.10 Å². The van der Waals surface area contributed by atoms with Gasteiger partial charge >= 0.3 is 0 Å². The number of anilines is 1. The van der Waals surface area contributed by atoms with Gasteiger partial charge in [0.15, 0.2) is 0 Å². The predicted molar refractivity (Wildman–Crippen MR) is 78.5 cm³/mol. The summed E-state index contributed by atoms with van der Waals surface area (Å²) in [5.41, 5.74) is 7.17. The molecule has 0 unspecified atom stereocenters. The van der Waals surface area contributed by atoms with Crippen LogP contribution in [0.15, 0.2) is 27.9 Å². The summed E-state index contributed by atoms with van der Waals surface area (Å²) in [7, 11) is 0. The summed E-state index contributed by atoms with van der Waals surface area (Å²) >= 11 is 15.4. The molecular formula is C11H9BrCl2N4. The molecule has 0 radical (unpaired) electrons. The van der Waals surface area contributed by atoms with Crippen LogP contribution in [0.1, 0.15) is 11.3 Å². The number of nitrogen functional groups attached to an aromatic ring is 1. The van der Waals surface area contributed by atoms with Crippen LogP contribution in [0.3, 0.4) is 0 Å². The number of imidazole rings is 1. The van der Waals surface area contributed by atoms with E-state index in [0.29, 0.717) is 21.6 Å². The number of rotatable bonds is 2. The monoisotopic (exact) mass is 346 g/mol. The molecule has 2 rings (SSSR count). The maximum absolute atomic E-state index is 6.08. The van der Waals surface area contributed by atoms with Gasteiger partial charge in [0.05, 0.1) is 28.2 Å². The fraction of sp³-hybridized carbons (Fsp3) is 0.0909. The summed E-state index contributed by atoms with van der Waals surface area (Å²) in [5.74, 6) is 0.322. The highest BCUT2D eigenvalue weighted by Gasteiger charge is 2.04. The van der Waals surface area contributed by atoms with Crippen molar-refractivity contribution in [2.75, 3.05) is 5.73 Å². The molecule has 0 amide bonds. The maximum Gasteiger partial charge on any atom is 0.221 e. The Balaban J connectivity index is 2.34. The smallest absolute Gasteiger partial charge is 0.221 e. The van der Waals surface area contributed by atoms with Gasteiger partial charge in [0.25, 0.3) is 0 Å². The first-order chi connectivity index (χ1) is 8.47. The van der Waals surface area contributed by atoms with Gasteiger partial charge in [0.2, 0.25) is 5.95 Å². The third kappa shape index (κ3) is 2.85. The Labute approximate surface area is 123 Å². The molecule has 18 heavy (non-hydrogen) atoms. The van der Waals surface area contributed by atoms with Gasteiger partial charge in [-0.15, -0.1) is 0 Å². The van der Waals surface area contributed by atoms with E-state index in [1.165, 1.54) is 4.68 Å². The molecule has 0 aliphatic carbocycles. The van der Waals surface area contributed by atoms with E-state index in [0.717, 1.165) is 10.2 Å². The van der Waals surface area contributed by atoms with Crippen molar-refractivity contribution in [1.29, 1.82) is 0 Å². The molecule has 1 heterocycles. The Hall–Kier alpha value is -1.04. The van der Waals surface area contributed by atoms with E-state index >= 15 is 0 Å². The Bertz CT molecular complexity index is 622. The number of nitrogens with zero attached hydrogens (tertiary/aromatic N) is 3. The lowest BCUT2D eigenvalue weighted by molar-refractivity contribution is 0.897. The molecule has 7 heteroatoms. The molecule has 0 spiro atoms. The van der Waals surface area contributed by atoms with Crippen molar-refractivity contribution in [3.63, 3.8) is 0 Å². The molecular weight excluding hydrogens is 339 g/mol. The van der Waals surface area contributed by atoms with E-state index in [1.807, 2.05) is 6.92 Å². The second-order valence-corrected chi connectivity index (χ2v) is 5.29. The summed E-state index contributed by atoms with van der Waals surface area (Å²) in [6.45, 7) is 1.84. The van der Waals surface area contributed by atoms with Crippen LogP contribution in [0.2, 0.25) is 10.0 Å². The van der Waals surface area contributed by atoms with Gasteiger partial charge < -0.3 is 5.73 Å². The van der Waals surface area contributed by atoms with Crippen molar-refractivity contribution in [3.05, 3.63) is 44.1 Å². The first kappa shape index (κ1) is 13.4. The van der Waals surface area contributed by atoms with E-state index in [-0.39, 0.29) is 0 Å². The van der Waals surface area contributed by atoms with Gasteiger partial charge in [0, 0.05) is 10.0 Å². The lowest BCUT2D eigenvalue weighted by atomic mass is 10.2. The van der Waals surface area contributed by atoms with Crippen LogP contribution in [0, 0.1) is 6.92 Å². The number of hydrogen-bond donors (Lipinski definition) is 1. The average molecular weight is 348 g/mol. The predicted octanol–water partition coefficient (Wildman–Crippen LogP) is 3.73. The molecule has 0 fully saturated rings. The number of hydrogen-bond acceptors (Lipinski definition) is 3. The quantitative estimate of drug-likeness (QED) is 0.664. The van der Waals surface area contributed by atoms with E-state index < -0.39 is 0 Å². The Morgan fingerprint density at radius 2 is 2.11 bits per heavy atom. The molecule has 0 atom stereocenters. The largest absolute Gasteiger partial charge is 0.368 e. The number of aryl methyl sites for hydroxylation is 1. The Kier molecular flexibility index (Phi) is 3.94. The fourth-order valence-corrected chi connectivity index (χ4v) is 2.22. The van der Waals surface area contributed by atoms with Crippen LogP contribution >= 0.6 is 39.1 Å². The van der Waals surface area contributed by atoms with Gasteiger partial charge in [-0.1, -0.05) is 23.2 Å². The summed E-state index contributed by atoms with van der Waals surface area (Å²) in [6.07, 6.45) is 3.30. The van der Waals surface area contributed by atoms with E-state index in [2.05, 4.69) is 26.0 Å². The van der Waals surface area contributed by atoms with E-state index in [4.69, 9.17) is 28.9 Å². The molecule has 0 aliphatic rings. The molecule has 0 saturated heterocycles. The molecule has 0 saturated carbocycles. The molecule has 94 valence electrons. The van der Waals surface area contributed by atoms with Crippen LogP contribution in [0.4, 0.5) is 5.95 Å². The van der Waals surface area contributed by atoms with Crippen molar-refractivity contribution in [2.45, 2.75) is 6.92 Å². The molecule has 2 aromatic rings. The second-order valence-electron chi connectivity index (χ2n) is 3.62. The van der Waals surface area contributed by atoms with Crippen molar-refractivity contribution in [3.8, 4) is 0 Å². The second kappa shape index (κ2) is 5.30. The van der Waals surface area contributed by atoms with Crippen molar-refractivity contribution < 1.29 is 0 Å². The third-order valence-corrected chi connectivity index (χ3v) is 3.72. The Morgan fingerprint density at radius 3 is 2.72 bits per heavy atom. The van der Waals surface area contributed by atoms with Gasteiger partial charge in [-0.05, 0) is 35.0 Å². The van der Waals surface area contributed by atoms with Crippen LogP contribution in [-0.2, 0) is 0 Å². The lowest BCUT2D eigenvalue weighted by Crippen LogP contribution is -1.97. The van der Waals surface area contributed by atoms with Crippen LogP contribution in [0.25, 0.3) is 0 Å². The fourth-order valence-electron chi connectivity index (χ4n) is 1.36. The van der Waals surface area contributed by atoms with Crippen molar-refractivity contribution in [1.82, 2.24) is 9.66 Å². The minimum atomic E-state index is 0.322. The lowest BCUT2D eigenvalue weighted by Gasteiger charge is -2.01. The van der Waals surface area contributed by atoms with Crippen LogP contribution in [0.5, 0.6) is 0 Å². The molecule has 0 aliphatic heterocycles. The maximum atomic E-state index is 6.08. The van der Waals surface area contributed by atoms with Gasteiger partial charge in [0.1, 0.15) is 0 Å². The highest BCUT2D eigenvalue weighted by Crippen LogP contribution is 2.28. The van der Waals surface area contributed by atoms with E-state index in [9.17, 15) is 0 Å². The van der Waals surface area contributed by atoms with Crippen LogP contribution in [-0.4, -0.2) is 15.9 Å². The average Bonchev–Trinajstić information content (AvgIpc) is 2.61. The summed E-state index contributed by atoms with van der Waals surface area (Å²) in [5, 5.41) is 5.29. The number of benzene rings is 1. The minimum absolute atomic E-state index is 0.322. The molecule has 1 aromatic carbocycles.